The van der Waals surface area contributed by atoms with Crippen LogP contribution in [0.3, 0.4) is 0 Å². The van der Waals surface area contributed by atoms with Gasteiger partial charge in [-0.15, -0.1) is 11.8 Å². The van der Waals surface area contributed by atoms with Gasteiger partial charge in [-0.3, -0.25) is 9.59 Å². The lowest BCUT2D eigenvalue weighted by Crippen LogP contribution is -2.49. The molecule has 0 aromatic heterocycles. The van der Waals surface area contributed by atoms with Gasteiger partial charge in [0.25, 0.3) is 11.8 Å². The third-order valence-corrected chi connectivity index (χ3v) is 7.18. The fraction of sp³-hybridized carbons (Fsp3) is 0.360. The normalized spacial score (nSPS) is 16.6. The number of amides is 2. The van der Waals surface area contributed by atoms with Gasteiger partial charge in [-0.05, 0) is 62.2 Å². The molecule has 4 rings (SSSR count). The van der Waals surface area contributed by atoms with Gasteiger partial charge in [-0.25, -0.2) is 0 Å². The Kier molecular flexibility index (Phi) is 6.74. The minimum absolute atomic E-state index is 0.0262. The molecule has 2 aromatic rings. The number of piperazine rings is 1. The number of hydrogen-bond acceptors (Lipinski definition) is 5. The van der Waals surface area contributed by atoms with E-state index in [0.717, 1.165) is 18.8 Å². The van der Waals surface area contributed by atoms with E-state index in [-0.39, 0.29) is 11.8 Å². The molecule has 0 atom stereocenters. The number of aryl methyl sites for hydroxylation is 1. The number of allylic oxidation sites excluding steroid dienone is 1. The minimum Gasteiger partial charge on any atom is -0.496 e. The van der Waals surface area contributed by atoms with Gasteiger partial charge < -0.3 is 19.9 Å². The summed E-state index contributed by atoms with van der Waals surface area (Å²) in [4.78, 5) is 30.3. The first-order valence-corrected chi connectivity index (χ1v) is 11.9. The lowest BCUT2D eigenvalue weighted by molar-refractivity contribution is -0.112. The van der Waals surface area contributed by atoms with Gasteiger partial charge in [-0.2, -0.15) is 0 Å². The summed E-state index contributed by atoms with van der Waals surface area (Å²) in [5.74, 6) is 1.28. The molecule has 2 aliphatic rings. The number of benzene rings is 2. The average molecular weight is 452 g/mol. The predicted octanol–water partition coefficient (Wildman–Crippen LogP) is 4.20. The molecule has 32 heavy (non-hydrogen) atoms. The Hall–Kier alpha value is -2.93. The molecule has 0 radical (unpaired) electrons. The first-order valence-electron chi connectivity index (χ1n) is 10.9. The number of nitrogens with one attached hydrogen (secondary N) is 1. The SMILES string of the molecule is CC1=C(C(=O)Nc2ccc(C(=O)N3CCN(c4cccc(C)c4C)CC3)cc2)SCCO1. The van der Waals surface area contributed by atoms with E-state index in [9.17, 15) is 9.59 Å². The van der Waals surface area contributed by atoms with Gasteiger partial charge in [0.2, 0.25) is 0 Å². The highest BCUT2D eigenvalue weighted by atomic mass is 32.2. The van der Waals surface area contributed by atoms with Crippen LogP contribution in [-0.2, 0) is 9.53 Å². The van der Waals surface area contributed by atoms with Crippen LogP contribution in [0.1, 0.15) is 28.4 Å². The zero-order valence-electron chi connectivity index (χ0n) is 18.8. The summed E-state index contributed by atoms with van der Waals surface area (Å²) in [6.45, 7) is 9.73. The summed E-state index contributed by atoms with van der Waals surface area (Å²) in [7, 11) is 0. The van der Waals surface area contributed by atoms with E-state index in [1.807, 2.05) is 11.8 Å². The Morgan fingerprint density at radius 3 is 2.38 bits per heavy atom. The van der Waals surface area contributed by atoms with E-state index >= 15 is 0 Å². The van der Waals surface area contributed by atoms with Crippen molar-refractivity contribution in [2.45, 2.75) is 20.8 Å². The van der Waals surface area contributed by atoms with Crippen molar-refractivity contribution in [1.82, 2.24) is 4.90 Å². The first kappa shape index (κ1) is 22.3. The maximum absolute atomic E-state index is 13.0. The molecule has 0 spiro atoms. The fourth-order valence-electron chi connectivity index (χ4n) is 4.03. The maximum atomic E-state index is 13.0. The molecule has 0 saturated carbocycles. The molecular formula is C25H29N3O3S. The number of thioether (sulfide) groups is 1. The Bertz CT molecular complexity index is 1040. The van der Waals surface area contributed by atoms with Crippen LogP contribution in [0.5, 0.6) is 0 Å². The van der Waals surface area contributed by atoms with Crippen molar-refractivity contribution < 1.29 is 14.3 Å². The van der Waals surface area contributed by atoms with E-state index < -0.39 is 0 Å². The molecule has 7 heteroatoms. The molecule has 2 heterocycles. The fourth-order valence-corrected chi connectivity index (χ4v) is 4.84. The summed E-state index contributed by atoms with van der Waals surface area (Å²) in [6.07, 6.45) is 0. The third kappa shape index (κ3) is 4.78. The van der Waals surface area contributed by atoms with Gasteiger partial charge in [-0.1, -0.05) is 12.1 Å². The molecule has 2 aliphatic heterocycles. The highest BCUT2D eigenvalue weighted by molar-refractivity contribution is 8.04. The van der Waals surface area contributed by atoms with E-state index in [2.05, 4.69) is 42.3 Å². The Labute approximate surface area is 193 Å². The second kappa shape index (κ2) is 9.69. The van der Waals surface area contributed by atoms with Crippen molar-refractivity contribution in [2.75, 3.05) is 48.8 Å². The number of anilines is 2. The molecule has 2 amide bonds. The standard InChI is InChI=1S/C25H29N3O3S/c1-17-5-4-6-22(18(17)2)27-11-13-28(14-12-27)25(30)20-7-9-21(10-8-20)26-24(29)23-19(3)31-15-16-32-23/h4-10H,11-16H2,1-3H3,(H,26,29). The summed E-state index contributed by atoms with van der Waals surface area (Å²) < 4.78 is 5.46. The summed E-state index contributed by atoms with van der Waals surface area (Å²) in [6, 6.07) is 13.5. The Morgan fingerprint density at radius 1 is 0.969 bits per heavy atom. The summed E-state index contributed by atoms with van der Waals surface area (Å²) in [5.41, 5.74) is 5.14. The number of ether oxygens (including phenoxy) is 1. The van der Waals surface area contributed by atoms with Crippen LogP contribution in [0.25, 0.3) is 0 Å². The third-order valence-electron chi connectivity index (χ3n) is 6.05. The second-order valence-electron chi connectivity index (χ2n) is 8.11. The molecule has 1 saturated heterocycles. The largest absolute Gasteiger partial charge is 0.496 e. The van der Waals surface area contributed by atoms with Crippen molar-refractivity contribution in [1.29, 1.82) is 0 Å². The zero-order valence-corrected chi connectivity index (χ0v) is 19.6. The number of hydrogen-bond donors (Lipinski definition) is 1. The second-order valence-corrected chi connectivity index (χ2v) is 9.22. The number of carbonyl (C=O) groups is 2. The van der Waals surface area contributed by atoms with Crippen molar-refractivity contribution in [2.24, 2.45) is 0 Å². The van der Waals surface area contributed by atoms with Gasteiger partial charge >= 0.3 is 0 Å². The number of nitrogens with zero attached hydrogens (tertiary/aromatic N) is 2. The van der Waals surface area contributed by atoms with Crippen molar-refractivity contribution in [3.05, 3.63) is 69.8 Å². The Balaban J connectivity index is 1.35. The molecule has 1 fully saturated rings. The van der Waals surface area contributed by atoms with Crippen LogP contribution in [0.2, 0.25) is 0 Å². The molecule has 1 N–H and O–H groups in total. The van der Waals surface area contributed by atoms with Crippen LogP contribution in [-0.4, -0.2) is 55.3 Å². The van der Waals surface area contributed by atoms with Crippen molar-refractivity contribution >= 4 is 35.0 Å². The van der Waals surface area contributed by atoms with E-state index in [0.29, 0.717) is 41.6 Å². The molecule has 168 valence electrons. The lowest BCUT2D eigenvalue weighted by atomic mass is 10.1. The van der Waals surface area contributed by atoms with Gasteiger partial charge in [0.1, 0.15) is 10.7 Å². The minimum atomic E-state index is -0.172. The Morgan fingerprint density at radius 2 is 1.69 bits per heavy atom. The van der Waals surface area contributed by atoms with Crippen LogP contribution in [0.4, 0.5) is 11.4 Å². The predicted molar refractivity (Wildman–Crippen MR) is 130 cm³/mol. The van der Waals surface area contributed by atoms with Gasteiger partial charge in [0, 0.05) is 48.9 Å². The van der Waals surface area contributed by atoms with Crippen LogP contribution >= 0.6 is 11.8 Å². The van der Waals surface area contributed by atoms with Crippen LogP contribution < -0.4 is 10.2 Å². The molecule has 0 bridgehead atoms. The summed E-state index contributed by atoms with van der Waals surface area (Å²) in [5, 5.41) is 2.89. The first-order chi connectivity index (χ1) is 15.4. The smallest absolute Gasteiger partial charge is 0.265 e. The molecule has 0 unspecified atom stereocenters. The van der Waals surface area contributed by atoms with Crippen LogP contribution in [0.15, 0.2) is 53.1 Å². The maximum Gasteiger partial charge on any atom is 0.265 e. The molecular weight excluding hydrogens is 422 g/mol. The highest BCUT2D eigenvalue weighted by Gasteiger charge is 2.24. The number of rotatable bonds is 4. The van der Waals surface area contributed by atoms with Crippen molar-refractivity contribution in [3.63, 3.8) is 0 Å². The molecule has 0 aliphatic carbocycles. The van der Waals surface area contributed by atoms with E-state index in [1.165, 1.54) is 28.6 Å². The molecule has 2 aromatic carbocycles. The van der Waals surface area contributed by atoms with E-state index in [1.54, 1.807) is 24.3 Å². The number of carbonyl (C=O) groups excluding carboxylic acids is 2. The average Bonchev–Trinajstić information content (AvgIpc) is 2.81. The van der Waals surface area contributed by atoms with Gasteiger partial charge in [0.15, 0.2) is 0 Å². The van der Waals surface area contributed by atoms with E-state index in [4.69, 9.17) is 4.74 Å². The van der Waals surface area contributed by atoms with Gasteiger partial charge in [0.05, 0.1) is 6.61 Å². The highest BCUT2D eigenvalue weighted by Crippen LogP contribution is 2.27. The zero-order chi connectivity index (χ0) is 22.7. The molecule has 6 nitrogen and oxygen atoms in total. The van der Waals surface area contributed by atoms with Crippen LogP contribution in [0, 0.1) is 13.8 Å². The quantitative estimate of drug-likeness (QED) is 0.755. The lowest BCUT2D eigenvalue weighted by Gasteiger charge is -2.37. The van der Waals surface area contributed by atoms with Crippen molar-refractivity contribution in [3.8, 4) is 0 Å². The monoisotopic (exact) mass is 451 g/mol. The topological polar surface area (TPSA) is 61.9 Å². The summed E-state index contributed by atoms with van der Waals surface area (Å²) >= 11 is 1.50.